The number of hydrogen-bond acceptors (Lipinski definition) is 4. The van der Waals surface area contributed by atoms with Crippen molar-refractivity contribution in [2.75, 3.05) is 53.9 Å². The molecule has 1 N–H and O–H groups in total. The Labute approximate surface area is 124 Å². The minimum Gasteiger partial charge on any atom is -0.351 e. The van der Waals surface area contributed by atoms with Crippen LogP contribution in [-0.2, 0) is 4.79 Å². The summed E-state index contributed by atoms with van der Waals surface area (Å²) in [6.07, 6.45) is 0. The fraction of sp³-hybridized carbons (Fsp3) is 0.933. The van der Waals surface area contributed by atoms with Crippen LogP contribution in [0.2, 0.25) is 0 Å². The average Bonchev–Trinajstić information content (AvgIpc) is 2.30. The van der Waals surface area contributed by atoms with Gasteiger partial charge in [0, 0.05) is 38.8 Å². The van der Waals surface area contributed by atoms with Crippen molar-refractivity contribution < 1.29 is 4.79 Å². The third kappa shape index (κ3) is 5.38. The van der Waals surface area contributed by atoms with Gasteiger partial charge in [-0.1, -0.05) is 13.8 Å². The second kappa shape index (κ2) is 7.96. The highest BCUT2D eigenvalue weighted by Gasteiger charge is 2.26. The normalized spacial score (nSPS) is 21.2. The molecule has 0 aromatic heterocycles. The minimum absolute atomic E-state index is 0.0510. The summed E-state index contributed by atoms with van der Waals surface area (Å²) >= 11 is 0. The summed E-state index contributed by atoms with van der Waals surface area (Å²) in [6.45, 7) is 11.7. The fourth-order valence-corrected chi connectivity index (χ4v) is 2.93. The van der Waals surface area contributed by atoms with E-state index in [0.717, 1.165) is 32.7 Å². The highest BCUT2D eigenvalue weighted by atomic mass is 16.2. The van der Waals surface area contributed by atoms with Crippen LogP contribution in [0.25, 0.3) is 0 Å². The summed E-state index contributed by atoms with van der Waals surface area (Å²) in [6, 6.07) is 0.150. The maximum atomic E-state index is 12.4. The molecule has 1 amide bonds. The highest BCUT2D eigenvalue weighted by molar-refractivity contribution is 5.82. The molecule has 1 aliphatic heterocycles. The minimum atomic E-state index is -0.0510. The summed E-state index contributed by atoms with van der Waals surface area (Å²) in [5.74, 6) is 0.465. The van der Waals surface area contributed by atoms with Crippen LogP contribution >= 0.6 is 0 Å². The molecule has 0 aromatic rings. The van der Waals surface area contributed by atoms with Crippen molar-refractivity contribution >= 4 is 5.91 Å². The van der Waals surface area contributed by atoms with Gasteiger partial charge in [-0.05, 0) is 34.0 Å². The van der Waals surface area contributed by atoms with Crippen molar-refractivity contribution in [1.82, 2.24) is 20.0 Å². The highest BCUT2D eigenvalue weighted by Crippen LogP contribution is 2.08. The van der Waals surface area contributed by atoms with E-state index in [1.807, 2.05) is 19.0 Å². The molecule has 5 nitrogen and oxygen atoms in total. The lowest BCUT2D eigenvalue weighted by molar-refractivity contribution is -0.127. The molecule has 1 heterocycles. The first kappa shape index (κ1) is 17.4. The van der Waals surface area contributed by atoms with E-state index in [1.165, 1.54) is 0 Å². The molecule has 0 saturated carbocycles. The molecule has 1 fully saturated rings. The van der Waals surface area contributed by atoms with Gasteiger partial charge in [-0.15, -0.1) is 0 Å². The topological polar surface area (TPSA) is 38.8 Å². The smallest absolute Gasteiger partial charge is 0.237 e. The predicted octanol–water partition coefficient (Wildman–Crippen LogP) is 0.325. The van der Waals surface area contributed by atoms with E-state index in [9.17, 15) is 4.79 Å². The Bertz CT molecular complexity index is 290. The summed E-state index contributed by atoms with van der Waals surface area (Å²) in [7, 11) is 6.09. The lowest BCUT2D eigenvalue weighted by Gasteiger charge is -2.35. The number of rotatable bonds is 6. The molecule has 5 heteroatoms. The summed E-state index contributed by atoms with van der Waals surface area (Å²) < 4.78 is 0. The van der Waals surface area contributed by atoms with E-state index < -0.39 is 0 Å². The van der Waals surface area contributed by atoms with E-state index in [0.29, 0.717) is 5.92 Å². The number of amides is 1. The zero-order chi connectivity index (χ0) is 15.3. The Hall–Kier alpha value is -0.650. The van der Waals surface area contributed by atoms with Gasteiger partial charge in [-0.3, -0.25) is 14.6 Å². The van der Waals surface area contributed by atoms with Gasteiger partial charge < -0.3 is 10.2 Å². The Morgan fingerprint density at radius 1 is 1.15 bits per heavy atom. The SMILES string of the molecule is CC(CN1CCN(C)CC1)NC(=O)[C@H](C(C)C)N(C)C. The van der Waals surface area contributed by atoms with Gasteiger partial charge in [0.1, 0.15) is 0 Å². The van der Waals surface area contributed by atoms with Gasteiger partial charge in [-0.25, -0.2) is 0 Å². The maximum absolute atomic E-state index is 12.4. The van der Waals surface area contributed by atoms with Crippen LogP contribution in [0.1, 0.15) is 20.8 Å². The zero-order valence-corrected chi connectivity index (χ0v) is 14.0. The first-order valence-electron chi connectivity index (χ1n) is 7.69. The molecule has 20 heavy (non-hydrogen) atoms. The van der Waals surface area contributed by atoms with Gasteiger partial charge >= 0.3 is 0 Å². The number of hydrogen-bond donors (Lipinski definition) is 1. The number of likely N-dealkylation sites (N-methyl/N-ethyl adjacent to an activating group) is 2. The lowest BCUT2D eigenvalue weighted by atomic mass is 10.0. The second-order valence-electron chi connectivity index (χ2n) is 6.67. The van der Waals surface area contributed by atoms with Crippen LogP contribution in [0.4, 0.5) is 0 Å². The maximum Gasteiger partial charge on any atom is 0.237 e. The Morgan fingerprint density at radius 3 is 2.15 bits per heavy atom. The molecular formula is C15H32N4O. The molecule has 0 aromatic carbocycles. The van der Waals surface area contributed by atoms with Crippen LogP contribution in [0.5, 0.6) is 0 Å². The first-order chi connectivity index (χ1) is 9.31. The molecule has 1 aliphatic rings. The molecule has 0 radical (unpaired) electrons. The fourth-order valence-electron chi connectivity index (χ4n) is 2.93. The van der Waals surface area contributed by atoms with Crippen molar-refractivity contribution in [1.29, 1.82) is 0 Å². The van der Waals surface area contributed by atoms with Crippen LogP contribution in [0, 0.1) is 5.92 Å². The molecule has 1 saturated heterocycles. The van der Waals surface area contributed by atoms with E-state index in [1.54, 1.807) is 0 Å². The molecule has 0 bridgehead atoms. The molecule has 0 aliphatic carbocycles. The molecule has 1 unspecified atom stereocenters. The molecule has 1 rings (SSSR count). The van der Waals surface area contributed by atoms with E-state index >= 15 is 0 Å². The Balaban J connectivity index is 2.40. The van der Waals surface area contributed by atoms with Crippen molar-refractivity contribution in [3.63, 3.8) is 0 Å². The quantitative estimate of drug-likeness (QED) is 0.763. The van der Waals surface area contributed by atoms with Gasteiger partial charge in [0.15, 0.2) is 0 Å². The molecule has 2 atom stereocenters. The van der Waals surface area contributed by atoms with E-state index in [2.05, 4.69) is 42.9 Å². The van der Waals surface area contributed by atoms with Crippen molar-refractivity contribution in [2.24, 2.45) is 5.92 Å². The Kier molecular flexibility index (Phi) is 6.92. The average molecular weight is 284 g/mol. The lowest BCUT2D eigenvalue weighted by Crippen LogP contribution is -2.53. The first-order valence-corrected chi connectivity index (χ1v) is 7.69. The van der Waals surface area contributed by atoms with Crippen molar-refractivity contribution in [3.8, 4) is 0 Å². The van der Waals surface area contributed by atoms with Crippen molar-refractivity contribution in [3.05, 3.63) is 0 Å². The number of piperazine rings is 1. The number of nitrogens with one attached hydrogen (secondary N) is 1. The van der Waals surface area contributed by atoms with Crippen molar-refractivity contribution in [2.45, 2.75) is 32.9 Å². The Morgan fingerprint density at radius 2 is 1.70 bits per heavy atom. The summed E-state index contributed by atoms with van der Waals surface area (Å²) in [5.41, 5.74) is 0. The standard InChI is InChI=1S/C15H32N4O/c1-12(2)14(17(4)5)15(20)16-13(3)11-19-9-7-18(6)8-10-19/h12-14H,7-11H2,1-6H3,(H,16,20)/t13?,14-/m0/s1. The number of nitrogens with zero attached hydrogens (tertiary/aromatic N) is 3. The van der Waals surface area contributed by atoms with Gasteiger partial charge in [0.2, 0.25) is 5.91 Å². The van der Waals surface area contributed by atoms with Crippen LogP contribution in [0.3, 0.4) is 0 Å². The number of carbonyl (C=O) groups is 1. The monoisotopic (exact) mass is 284 g/mol. The van der Waals surface area contributed by atoms with Crippen LogP contribution < -0.4 is 5.32 Å². The van der Waals surface area contributed by atoms with E-state index in [4.69, 9.17) is 0 Å². The largest absolute Gasteiger partial charge is 0.351 e. The molecule has 118 valence electrons. The van der Waals surface area contributed by atoms with Gasteiger partial charge in [0.25, 0.3) is 0 Å². The third-order valence-corrected chi connectivity index (χ3v) is 3.97. The van der Waals surface area contributed by atoms with Gasteiger partial charge in [0.05, 0.1) is 6.04 Å². The van der Waals surface area contributed by atoms with E-state index in [-0.39, 0.29) is 18.0 Å². The van der Waals surface area contributed by atoms with Gasteiger partial charge in [-0.2, -0.15) is 0 Å². The van der Waals surface area contributed by atoms with Crippen LogP contribution in [0.15, 0.2) is 0 Å². The predicted molar refractivity (Wildman–Crippen MR) is 83.9 cm³/mol. The zero-order valence-electron chi connectivity index (χ0n) is 14.0. The molecule has 0 spiro atoms. The third-order valence-electron chi connectivity index (χ3n) is 3.97. The summed E-state index contributed by atoms with van der Waals surface area (Å²) in [4.78, 5) is 19.1. The van der Waals surface area contributed by atoms with Crippen LogP contribution in [-0.4, -0.2) is 86.6 Å². The molecular weight excluding hydrogens is 252 g/mol. The summed E-state index contributed by atoms with van der Waals surface area (Å²) in [5, 5.41) is 3.17. The number of carbonyl (C=O) groups excluding carboxylic acids is 1. The second-order valence-corrected chi connectivity index (χ2v) is 6.67.